The van der Waals surface area contributed by atoms with Crippen LogP contribution in [0.3, 0.4) is 0 Å². The largest absolute Gasteiger partial charge is 0.481 e. The van der Waals surface area contributed by atoms with Crippen molar-refractivity contribution >= 4 is 22.0 Å². The highest BCUT2D eigenvalue weighted by atomic mass is 32.2. The minimum atomic E-state index is -3.22. The second-order valence-electron chi connectivity index (χ2n) is 4.66. The first-order valence-electron chi connectivity index (χ1n) is 6.46. The van der Waals surface area contributed by atoms with E-state index in [-0.39, 0.29) is 32.1 Å². The van der Waals surface area contributed by atoms with Gasteiger partial charge in [-0.1, -0.05) is 0 Å². The van der Waals surface area contributed by atoms with Crippen molar-refractivity contribution in [3.63, 3.8) is 0 Å². The molecule has 1 fully saturated rings. The van der Waals surface area contributed by atoms with Gasteiger partial charge in [-0.25, -0.2) is 13.2 Å². The van der Waals surface area contributed by atoms with Crippen LogP contribution >= 0.6 is 0 Å². The summed E-state index contributed by atoms with van der Waals surface area (Å²) in [4.78, 5) is 25.8. The number of urea groups is 1. The number of nitrogens with zero attached hydrogens (tertiary/aromatic N) is 3. The fraction of sp³-hybridized carbons (Fsp3) is 0.818. The molecular formula is C11H21N3O5S. The van der Waals surface area contributed by atoms with Gasteiger partial charge in [0.2, 0.25) is 10.0 Å². The van der Waals surface area contributed by atoms with Crippen LogP contribution in [0.4, 0.5) is 4.79 Å². The van der Waals surface area contributed by atoms with Gasteiger partial charge in [0.1, 0.15) is 0 Å². The molecule has 0 aromatic carbocycles. The first-order chi connectivity index (χ1) is 9.25. The zero-order valence-electron chi connectivity index (χ0n) is 11.8. The third-order valence-corrected chi connectivity index (χ3v) is 4.53. The number of hydrogen-bond donors (Lipinski definition) is 1. The van der Waals surface area contributed by atoms with Crippen LogP contribution in [-0.2, 0) is 14.8 Å². The zero-order chi connectivity index (χ0) is 15.3. The number of piperazine rings is 1. The van der Waals surface area contributed by atoms with E-state index < -0.39 is 16.0 Å². The Kier molecular flexibility index (Phi) is 5.75. The van der Waals surface area contributed by atoms with Gasteiger partial charge >= 0.3 is 12.0 Å². The Balaban J connectivity index is 2.54. The van der Waals surface area contributed by atoms with Gasteiger partial charge in [-0.3, -0.25) is 4.79 Å². The van der Waals surface area contributed by atoms with Crippen molar-refractivity contribution in [3.05, 3.63) is 0 Å². The fourth-order valence-corrected chi connectivity index (χ4v) is 2.86. The number of carbonyl (C=O) groups excluding carboxylic acids is 1. The summed E-state index contributed by atoms with van der Waals surface area (Å²) in [7, 11) is -3.22. The maximum atomic E-state index is 12.2. The van der Waals surface area contributed by atoms with Crippen molar-refractivity contribution < 1.29 is 23.1 Å². The highest BCUT2D eigenvalue weighted by Gasteiger charge is 2.28. The quantitative estimate of drug-likeness (QED) is 0.737. The van der Waals surface area contributed by atoms with Gasteiger partial charge < -0.3 is 14.9 Å². The third-order valence-electron chi connectivity index (χ3n) is 3.23. The Morgan fingerprint density at radius 3 is 2.15 bits per heavy atom. The lowest BCUT2D eigenvalue weighted by Gasteiger charge is -2.36. The number of aliphatic carboxylic acids is 1. The van der Waals surface area contributed by atoms with Gasteiger partial charge in [0.05, 0.1) is 12.7 Å². The highest BCUT2D eigenvalue weighted by Crippen LogP contribution is 2.09. The van der Waals surface area contributed by atoms with Crippen LogP contribution in [0.5, 0.6) is 0 Å². The molecule has 1 saturated heterocycles. The molecule has 8 nitrogen and oxygen atoms in total. The lowest BCUT2D eigenvalue weighted by atomic mass is 10.3. The molecule has 2 amide bonds. The van der Waals surface area contributed by atoms with E-state index >= 15 is 0 Å². The molecule has 1 N–H and O–H groups in total. The van der Waals surface area contributed by atoms with Crippen molar-refractivity contribution in [2.45, 2.75) is 13.3 Å². The van der Waals surface area contributed by atoms with Crippen LogP contribution in [0.1, 0.15) is 13.3 Å². The second-order valence-corrected chi connectivity index (χ2v) is 6.64. The molecule has 9 heteroatoms. The Morgan fingerprint density at radius 2 is 1.75 bits per heavy atom. The molecule has 0 spiro atoms. The number of carboxylic acid groups (broad SMARTS) is 1. The summed E-state index contributed by atoms with van der Waals surface area (Å²) in [5.74, 6) is -0.946. The molecule has 0 aliphatic carbocycles. The number of rotatable bonds is 5. The van der Waals surface area contributed by atoms with E-state index in [9.17, 15) is 18.0 Å². The third kappa shape index (κ3) is 4.64. The van der Waals surface area contributed by atoms with Crippen molar-refractivity contribution in [1.29, 1.82) is 0 Å². The molecule has 0 saturated carbocycles. The molecule has 1 heterocycles. The monoisotopic (exact) mass is 307 g/mol. The van der Waals surface area contributed by atoms with Gasteiger partial charge in [0.15, 0.2) is 0 Å². The summed E-state index contributed by atoms with van der Waals surface area (Å²) in [5, 5.41) is 8.65. The highest BCUT2D eigenvalue weighted by molar-refractivity contribution is 7.88. The summed E-state index contributed by atoms with van der Waals surface area (Å²) >= 11 is 0. The van der Waals surface area contributed by atoms with Crippen LogP contribution in [-0.4, -0.2) is 85.2 Å². The SMILES string of the molecule is CCN(CCC(=O)O)C(=O)N1CCN(S(C)(=O)=O)CC1. The first kappa shape index (κ1) is 16.7. The number of carbonyl (C=O) groups is 2. The smallest absolute Gasteiger partial charge is 0.320 e. The number of amides is 2. The predicted molar refractivity (Wildman–Crippen MR) is 72.9 cm³/mol. The van der Waals surface area contributed by atoms with E-state index in [1.807, 2.05) is 0 Å². The molecule has 1 rings (SSSR count). The molecule has 1 aliphatic rings. The van der Waals surface area contributed by atoms with Crippen LogP contribution < -0.4 is 0 Å². The van der Waals surface area contributed by atoms with Gasteiger partial charge in [-0.15, -0.1) is 0 Å². The van der Waals surface area contributed by atoms with Gasteiger partial charge in [0.25, 0.3) is 0 Å². The maximum Gasteiger partial charge on any atom is 0.320 e. The van der Waals surface area contributed by atoms with Crippen molar-refractivity contribution in [2.75, 3.05) is 45.5 Å². The Hall–Kier alpha value is -1.35. The average molecular weight is 307 g/mol. The Labute approximate surface area is 119 Å². The molecule has 0 radical (unpaired) electrons. The maximum absolute atomic E-state index is 12.2. The number of sulfonamides is 1. The van der Waals surface area contributed by atoms with Crippen LogP contribution in [0.2, 0.25) is 0 Å². The minimum Gasteiger partial charge on any atom is -0.481 e. The van der Waals surface area contributed by atoms with Gasteiger partial charge in [-0.05, 0) is 6.92 Å². The molecule has 116 valence electrons. The summed E-state index contributed by atoms with van der Waals surface area (Å²) in [6.07, 6.45) is 1.05. The number of hydrogen-bond acceptors (Lipinski definition) is 4. The molecule has 0 bridgehead atoms. The van der Waals surface area contributed by atoms with Gasteiger partial charge in [-0.2, -0.15) is 4.31 Å². The lowest BCUT2D eigenvalue weighted by Crippen LogP contribution is -2.54. The molecule has 1 aliphatic heterocycles. The van der Waals surface area contributed by atoms with Crippen molar-refractivity contribution in [3.8, 4) is 0 Å². The molecular weight excluding hydrogens is 286 g/mol. The Bertz CT molecular complexity index is 457. The molecule has 20 heavy (non-hydrogen) atoms. The minimum absolute atomic E-state index is 0.0944. The molecule has 0 aromatic rings. The van der Waals surface area contributed by atoms with Crippen LogP contribution in [0, 0.1) is 0 Å². The Morgan fingerprint density at radius 1 is 1.20 bits per heavy atom. The molecule has 0 atom stereocenters. The standard InChI is InChI=1S/C11H21N3O5S/c1-3-12(5-4-10(15)16)11(17)13-6-8-14(9-7-13)20(2,18)19/h3-9H2,1-2H3,(H,15,16). The molecule has 0 unspecified atom stereocenters. The summed E-state index contributed by atoms with van der Waals surface area (Å²) < 4.78 is 24.1. The summed E-state index contributed by atoms with van der Waals surface area (Å²) in [5.41, 5.74) is 0. The van der Waals surface area contributed by atoms with Crippen molar-refractivity contribution in [2.24, 2.45) is 0 Å². The normalized spacial score (nSPS) is 17.0. The fourth-order valence-electron chi connectivity index (χ4n) is 2.03. The van der Waals surface area contributed by atoms with E-state index in [2.05, 4.69) is 0 Å². The number of carboxylic acids is 1. The van der Waals surface area contributed by atoms with E-state index in [0.29, 0.717) is 19.6 Å². The van der Waals surface area contributed by atoms with Gasteiger partial charge in [0, 0.05) is 39.3 Å². The second kappa shape index (κ2) is 6.89. The van der Waals surface area contributed by atoms with E-state index in [1.54, 1.807) is 11.8 Å². The average Bonchev–Trinajstić information content (AvgIpc) is 2.38. The predicted octanol–water partition coefficient (Wildman–Crippen LogP) is -0.520. The summed E-state index contributed by atoms with van der Waals surface area (Å²) in [6.45, 7) is 3.59. The van der Waals surface area contributed by atoms with E-state index in [1.165, 1.54) is 9.21 Å². The zero-order valence-corrected chi connectivity index (χ0v) is 12.6. The summed E-state index contributed by atoms with van der Waals surface area (Å²) in [6, 6.07) is -0.234. The van der Waals surface area contributed by atoms with E-state index in [4.69, 9.17) is 5.11 Å². The van der Waals surface area contributed by atoms with Crippen LogP contribution in [0.15, 0.2) is 0 Å². The topological polar surface area (TPSA) is 98.2 Å². The van der Waals surface area contributed by atoms with E-state index in [0.717, 1.165) is 6.26 Å². The first-order valence-corrected chi connectivity index (χ1v) is 8.31. The van der Waals surface area contributed by atoms with Crippen LogP contribution in [0.25, 0.3) is 0 Å². The lowest BCUT2D eigenvalue weighted by molar-refractivity contribution is -0.137. The molecule has 0 aromatic heterocycles. The van der Waals surface area contributed by atoms with Crippen molar-refractivity contribution in [1.82, 2.24) is 14.1 Å².